The Bertz CT molecular complexity index is 337. The molecule has 0 aromatic carbocycles. The van der Waals surface area contributed by atoms with Gasteiger partial charge < -0.3 is 0 Å². The second-order valence-electron chi connectivity index (χ2n) is 3.25. The molecule has 0 amide bonds. The summed E-state index contributed by atoms with van der Waals surface area (Å²) in [5.41, 5.74) is -0.669. The van der Waals surface area contributed by atoms with E-state index in [4.69, 9.17) is 0 Å². The Kier molecular flexibility index (Phi) is 25.3. The van der Waals surface area contributed by atoms with Crippen molar-refractivity contribution in [1.29, 1.82) is 0 Å². The normalized spacial score (nSPS) is 10.2. The van der Waals surface area contributed by atoms with E-state index < -0.39 is 36.5 Å². The van der Waals surface area contributed by atoms with Gasteiger partial charge in [-0.15, -0.1) is 0 Å². The second kappa shape index (κ2) is 16.2. The zero-order valence-corrected chi connectivity index (χ0v) is 11.5. The molecule has 0 spiro atoms. The van der Waals surface area contributed by atoms with Gasteiger partial charge in [-0.05, 0) is 6.42 Å². The molecule has 25 heavy (non-hydrogen) atoms. The molecule has 0 aliphatic carbocycles. The van der Waals surface area contributed by atoms with Gasteiger partial charge in [-0.25, -0.2) is 13.5 Å². The number of hydrogen-bond acceptors (Lipinski definition) is 1. The molecule has 1 nitrogen and oxygen atoms in total. The van der Waals surface area contributed by atoms with E-state index in [0.717, 1.165) is 0 Å². The van der Waals surface area contributed by atoms with Crippen LogP contribution in [0.4, 0.5) is 43.9 Å². The average Bonchev–Trinajstić information content (AvgIpc) is 2.38. The smallest absolute Gasteiger partial charge is 0.255 e. The summed E-state index contributed by atoms with van der Waals surface area (Å²) in [6, 6.07) is 0. The van der Waals surface area contributed by atoms with Crippen LogP contribution in [0.15, 0.2) is 24.6 Å². The van der Waals surface area contributed by atoms with Gasteiger partial charge in [0.05, 0.1) is 7.18 Å². The van der Waals surface area contributed by atoms with Crippen molar-refractivity contribution < 1.29 is 48.6 Å². The van der Waals surface area contributed by atoms with Crippen LogP contribution in [0.5, 0.6) is 0 Å². The van der Waals surface area contributed by atoms with Gasteiger partial charge in [0.2, 0.25) is 0 Å². The number of hydrogen-bond donors (Lipinski definition) is 0. The maximum absolute atomic E-state index is 11.9. The van der Waals surface area contributed by atoms with Crippen LogP contribution in [0.2, 0.25) is 0 Å². The largest absolute Gasteiger partial charge is 0.413 e. The molecular weight excluding hydrogens is 374 g/mol. The van der Waals surface area contributed by atoms with Crippen LogP contribution >= 0.6 is 0 Å². The minimum Gasteiger partial charge on any atom is -0.255 e. The molecule has 11 heteroatoms. The van der Waals surface area contributed by atoms with Crippen molar-refractivity contribution in [3.8, 4) is 0 Å². The lowest BCUT2D eigenvalue weighted by Crippen LogP contribution is -2.34. The maximum Gasteiger partial charge on any atom is 0.413 e. The average molecular weight is 400 g/mol. The first-order valence-corrected chi connectivity index (χ1v) is 5.19. The Morgan fingerprint density at radius 3 is 1.32 bits per heavy atom. The number of ether oxygens (including phenoxy) is 1. The molecule has 0 saturated carbocycles. The first-order valence-electron chi connectivity index (χ1n) is 5.19. The minimum atomic E-state index is -4.87. The Balaban J connectivity index is -0.0000000618. The van der Waals surface area contributed by atoms with Gasteiger partial charge in [-0.1, -0.05) is 42.4 Å². The van der Waals surface area contributed by atoms with E-state index in [-0.39, 0.29) is 28.7 Å². The van der Waals surface area contributed by atoms with E-state index in [1.54, 1.807) is 0 Å². The molecule has 0 radical (unpaired) electrons. The van der Waals surface area contributed by atoms with E-state index in [9.17, 15) is 43.9 Å². The fraction of sp³-hybridized carbons (Fsp3) is 0.714. The SMILES string of the molecule is C.C.C.C=C(CC)C(F)(F)F.C=C(F)C(F)(F)OC(F)(F)CF.CF. The van der Waals surface area contributed by atoms with Crippen molar-refractivity contribution in [1.82, 2.24) is 0 Å². The number of allylic oxidation sites excluding steroid dienone is 1. The minimum absolute atomic E-state index is 0. The van der Waals surface area contributed by atoms with Crippen molar-refractivity contribution in [3.63, 3.8) is 0 Å². The Hall–Kier alpha value is -1.26. The third kappa shape index (κ3) is 20.7. The molecule has 0 heterocycles. The molecule has 0 bridgehead atoms. The molecule has 0 aromatic heterocycles. The standard InChI is InChI=1S/C5H4F6O.C5H7F3.CH3F.3CH4/c1-3(7)5(10,11)12-4(8,9)2-6;1-3-4(2)5(6,7)8;1-2;;;/h1-2H2;2-3H2,1H3;1H3;3*1H4. The summed E-state index contributed by atoms with van der Waals surface area (Å²) in [6.07, 6.45) is -13.8. The van der Waals surface area contributed by atoms with Crippen molar-refractivity contribution in [3.05, 3.63) is 24.6 Å². The molecule has 0 unspecified atom stereocenters. The highest BCUT2D eigenvalue weighted by Gasteiger charge is 2.47. The van der Waals surface area contributed by atoms with Crippen LogP contribution in [0.3, 0.4) is 0 Å². The van der Waals surface area contributed by atoms with E-state index >= 15 is 0 Å². The van der Waals surface area contributed by atoms with Crippen molar-refractivity contribution in [2.24, 2.45) is 0 Å². The van der Waals surface area contributed by atoms with Crippen LogP contribution in [0.1, 0.15) is 35.6 Å². The molecule has 0 fully saturated rings. The molecule has 158 valence electrons. The molecule has 0 N–H and O–H groups in total. The summed E-state index contributed by atoms with van der Waals surface area (Å²) in [6.45, 7) is 3.83. The van der Waals surface area contributed by atoms with E-state index in [0.29, 0.717) is 7.18 Å². The zero-order chi connectivity index (χ0) is 18.8. The molecule has 0 atom stereocenters. The van der Waals surface area contributed by atoms with Crippen LogP contribution in [0, 0.1) is 0 Å². The zero-order valence-electron chi connectivity index (χ0n) is 11.5. The van der Waals surface area contributed by atoms with Gasteiger partial charge in [0.1, 0.15) is 0 Å². The summed E-state index contributed by atoms with van der Waals surface area (Å²) in [5, 5.41) is 0. The van der Waals surface area contributed by atoms with E-state index in [1.807, 2.05) is 6.58 Å². The molecule has 0 saturated heterocycles. The van der Waals surface area contributed by atoms with Crippen LogP contribution in [-0.4, -0.2) is 32.2 Å². The fourth-order valence-electron chi connectivity index (χ4n) is 0.471. The molecule has 0 rings (SSSR count). The summed E-state index contributed by atoms with van der Waals surface area (Å²) in [4.78, 5) is 0. The molecular formula is C14H26F10O. The summed E-state index contributed by atoms with van der Waals surface area (Å²) >= 11 is 0. The third-order valence-electron chi connectivity index (χ3n) is 1.58. The highest BCUT2D eigenvalue weighted by atomic mass is 19.4. The second-order valence-corrected chi connectivity index (χ2v) is 3.25. The lowest BCUT2D eigenvalue weighted by Gasteiger charge is -2.19. The fourth-order valence-corrected chi connectivity index (χ4v) is 0.471. The van der Waals surface area contributed by atoms with Crippen LogP contribution < -0.4 is 0 Å². The number of rotatable bonds is 5. The van der Waals surface area contributed by atoms with Crippen LogP contribution in [0.25, 0.3) is 0 Å². The van der Waals surface area contributed by atoms with Gasteiger partial charge in [-0.3, -0.25) is 4.39 Å². The number of halogens is 10. The topological polar surface area (TPSA) is 9.23 Å². The summed E-state index contributed by atoms with van der Waals surface area (Å²) in [7, 11) is 0.500. The van der Waals surface area contributed by atoms with Gasteiger partial charge >= 0.3 is 18.4 Å². The van der Waals surface area contributed by atoms with Crippen LogP contribution in [-0.2, 0) is 4.74 Å². The van der Waals surface area contributed by atoms with E-state index in [1.165, 1.54) is 6.92 Å². The Morgan fingerprint density at radius 2 is 1.20 bits per heavy atom. The van der Waals surface area contributed by atoms with E-state index in [2.05, 4.69) is 11.3 Å². The lowest BCUT2D eigenvalue weighted by molar-refractivity contribution is -0.366. The van der Waals surface area contributed by atoms with Crippen molar-refractivity contribution >= 4 is 0 Å². The highest BCUT2D eigenvalue weighted by Crippen LogP contribution is 2.32. The van der Waals surface area contributed by atoms with Crippen molar-refractivity contribution in [2.45, 2.75) is 54.0 Å². The predicted molar refractivity (Wildman–Crippen MR) is 79.9 cm³/mol. The Morgan fingerprint density at radius 1 is 0.880 bits per heavy atom. The lowest BCUT2D eigenvalue weighted by atomic mass is 10.2. The number of alkyl halides is 9. The van der Waals surface area contributed by atoms with Gasteiger partial charge in [0, 0.05) is 5.57 Å². The molecule has 0 aliphatic heterocycles. The third-order valence-corrected chi connectivity index (χ3v) is 1.58. The molecule has 0 aromatic rings. The predicted octanol–water partition coefficient (Wildman–Crippen LogP) is 7.65. The van der Waals surface area contributed by atoms with Gasteiger partial charge in [0.25, 0.3) is 0 Å². The van der Waals surface area contributed by atoms with Crippen molar-refractivity contribution in [2.75, 3.05) is 13.9 Å². The maximum atomic E-state index is 11.9. The quantitative estimate of drug-likeness (QED) is 0.340. The summed E-state index contributed by atoms with van der Waals surface area (Å²) in [5.74, 6) is -2.41. The summed E-state index contributed by atoms with van der Waals surface area (Å²) < 4.78 is 116. The monoisotopic (exact) mass is 400 g/mol. The first kappa shape index (κ1) is 39.0. The van der Waals surface area contributed by atoms with Gasteiger partial charge in [0.15, 0.2) is 12.5 Å². The van der Waals surface area contributed by atoms with Gasteiger partial charge in [-0.2, -0.15) is 30.7 Å². The molecule has 0 aliphatic rings. The Labute approximate surface area is 142 Å². The highest BCUT2D eigenvalue weighted by molar-refractivity contribution is 5.00. The first-order chi connectivity index (χ1) is 9.69.